The maximum absolute atomic E-state index is 8.80. The molecule has 0 aromatic heterocycles. The average molecular weight is 564 g/mol. The van der Waals surface area contributed by atoms with Crippen molar-refractivity contribution in [3.05, 3.63) is 0 Å². The van der Waals surface area contributed by atoms with E-state index < -0.39 is 30.4 Å². The van der Waals surface area contributed by atoms with Crippen LogP contribution in [0.25, 0.3) is 0 Å². The van der Waals surface area contributed by atoms with Gasteiger partial charge in [0.1, 0.15) is 0 Å². The fourth-order valence-electron chi connectivity index (χ4n) is 0.298. The molecule has 0 heterocycles. The van der Waals surface area contributed by atoms with Crippen molar-refractivity contribution in [2.45, 2.75) is 0 Å². The third-order valence-corrected chi connectivity index (χ3v) is 8.13. The Morgan fingerprint density at radius 2 is 0.414 bits per heavy atom. The van der Waals surface area contributed by atoms with E-state index in [2.05, 4.69) is 36.2 Å². The minimum Gasteiger partial charge on any atom is -0.271 e. The number of hydrogen-bond donors (Lipinski definition) is 0. The van der Waals surface area contributed by atoms with Crippen molar-refractivity contribution >= 4 is 30.4 Å². The van der Waals surface area contributed by atoms with E-state index in [0.29, 0.717) is 0 Å². The normalized spacial score (nSPS) is 11.4. The molecule has 0 unspecified atom stereocenters. The monoisotopic (exact) mass is 563 g/mol. The molecule has 0 spiro atoms. The van der Waals surface area contributed by atoms with Gasteiger partial charge in [-0.2, -0.15) is 0 Å². The van der Waals surface area contributed by atoms with E-state index in [1.54, 1.807) is 0 Å². The number of rotatable bonds is 8. The SMILES string of the molecule is COP(C)(=[OH+])OC.COP(C)(=[OH+])OC.COP(C)(=[OH+])OC.COP(C)(=[OH+])OC.[Cu+2]. The van der Waals surface area contributed by atoms with Gasteiger partial charge in [0.2, 0.25) is 0 Å². The largest absolute Gasteiger partial charge is 2.00 e. The van der Waals surface area contributed by atoms with Crippen LogP contribution in [0.2, 0.25) is 0 Å². The van der Waals surface area contributed by atoms with Crippen LogP contribution in [0.15, 0.2) is 0 Å². The van der Waals surface area contributed by atoms with Gasteiger partial charge < -0.3 is 0 Å². The fourth-order valence-corrected chi connectivity index (χ4v) is 0.894. The van der Waals surface area contributed by atoms with E-state index >= 15 is 0 Å². The number of hydrogen-bond acceptors (Lipinski definition) is 8. The molecular weight excluding hydrogens is 524 g/mol. The van der Waals surface area contributed by atoms with Gasteiger partial charge in [-0.3, -0.25) is 54.5 Å². The van der Waals surface area contributed by atoms with Gasteiger partial charge >= 0.3 is 47.5 Å². The molecule has 0 bridgehead atoms. The molecule has 0 aliphatic heterocycles. The van der Waals surface area contributed by atoms with Crippen LogP contribution in [-0.2, 0) is 53.3 Å². The van der Waals surface area contributed by atoms with Crippen molar-refractivity contribution in [3.63, 3.8) is 0 Å². The summed E-state index contributed by atoms with van der Waals surface area (Å²) in [6.45, 7) is 6.08. The van der Waals surface area contributed by atoms with Gasteiger partial charge in [-0.15, -0.1) is 0 Å². The molecular formula is C12H40CuO12P4+6. The zero-order valence-electron chi connectivity index (χ0n) is 19.1. The molecule has 0 aromatic rings. The predicted octanol–water partition coefficient (Wildman–Crippen LogP) is 4.17. The second-order valence-corrected chi connectivity index (χ2v) is 14.0. The second-order valence-electron chi connectivity index (χ2n) is 4.67. The van der Waals surface area contributed by atoms with Crippen LogP contribution >= 0.6 is 30.4 Å². The van der Waals surface area contributed by atoms with Crippen LogP contribution in [0.5, 0.6) is 0 Å². The first kappa shape index (κ1) is 40.5. The summed E-state index contributed by atoms with van der Waals surface area (Å²) in [6, 6.07) is 0. The van der Waals surface area contributed by atoms with Gasteiger partial charge in [-0.1, -0.05) is 0 Å². The molecule has 1 radical (unpaired) electrons. The zero-order valence-corrected chi connectivity index (χ0v) is 23.7. The van der Waals surface area contributed by atoms with Crippen molar-refractivity contribution in [1.82, 2.24) is 0 Å². The van der Waals surface area contributed by atoms with Crippen LogP contribution in [-0.4, -0.2) is 102 Å². The second kappa shape index (κ2) is 21.0. The first-order valence-electron chi connectivity index (χ1n) is 7.32. The third-order valence-electron chi connectivity index (χ3n) is 2.71. The molecule has 0 aliphatic carbocycles. The van der Waals surface area contributed by atoms with Crippen molar-refractivity contribution in [3.8, 4) is 0 Å². The van der Waals surface area contributed by atoms with Crippen molar-refractivity contribution in [2.24, 2.45) is 0 Å². The van der Waals surface area contributed by atoms with Crippen LogP contribution in [0.3, 0.4) is 0 Å². The molecule has 0 atom stereocenters. The van der Waals surface area contributed by atoms with Gasteiger partial charge in [0, 0.05) is 0 Å². The summed E-state index contributed by atoms with van der Waals surface area (Å²) in [7, 11) is 1.69. The average Bonchev–Trinajstić information content (AvgIpc) is 2.69. The molecule has 4 N–H and O–H groups in total. The van der Waals surface area contributed by atoms with E-state index in [9.17, 15) is 0 Å². The summed E-state index contributed by atoms with van der Waals surface area (Å²) in [5, 5.41) is 0. The first-order valence-corrected chi connectivity index (χ1v) is 15.4. The predicted molar refractivity (Wildman–Crippen MR) is 115 cm³/mol. The van der Waals surface area contributed by atoms with E-state index in [0.717, 1.165) is 0 Å². The molecule has 17 heteroatoms. The molecule has 0 saturated heterocycles. The van der Waals surface area contributed by atoms with Crippen molar-refractivity contribution in [1.29, 1.82) is 0 Å². The molecule has 0 aromatic carbocycles. The Hall–Kier alpha value is 1.12. The van der Waals surface area contributed by atoms with Crippen LogP contribution in [0, 0.1) is 0 Å². The maximum atomic E-state index is 8.80. The molecule has 0 saturated carbocycles. The summed E-state index contributed by atoms with van der Waals surface area (Å²) in [6.07, 6.45) is 0. The smallest absolute Gasteiger partial charge is 0.271 e. The molecule has 0 fully saturated rings. The summed E-state index contributed by atoms with van der Waals surface area (Å²) in [5.74, 6) is 0. The molecule has 185 valence electrons. The van der Waals surface area contributed by atoms with Gasteiger partial charge in [-0.05, 0) is 0 Å². The molecule has 0 amide bonds. The van der Waals surface area contributed by atoms with Gasteiger partial charge in [0.15, 0.2) is 0 Å². The van der Waals surface area contributed by atoms with E-state index in [1.165, 1.54) is 83.5 Å². The summed E-state index contributed by atoms with van der Waals surface area (Å²) >= 11 is 0. The molecule has 12 nitrogen and oxygen atoms in total. The maximum Gasteiger partial charge on any atom is 2.00 e. The van der Waals surface area contributed by atoms with Crippen molar-refractivity contribution < 1.29 is 71.5 Å². The van der Waals surface area contributed by atoms with Gasteiger partial charge in [-0.25, -0.2) is 0 Å². The first-order chi connectivity index (χ1) is 12.5. The van der Waals surface area contributed by atoms with E-state index in [4.69, 9.17) is 18.3 Å². The third kappa shape index (κ3) is 33.9. The molecule has 0 aliphatic rings. The Labute approximate surface area is 185 Å². The quantitative estimate of drug-likeness (QED) is 0.241. The standard InChI is InChI=1S/4C3H9O3P.Cu/c4*1-5-7(3,4)6-2;/h4*1-3H3;/q;;;;+2/p+4. The van der Waals surface area contributed by atoms with Gasteiger partial charge in [0.25, 0.3) is 0 Å². The Morgan fingerprint density at radius 1 is 0.345 bits per heavy atom. The zero-order chi connectivity index (χ0) is 23.7. The summed E-state index contributed by atoms with van der Waals surface area (Å²) in [4.78, 5) is 0. The van der Waals surface area contributed by atoms with Crippen LogP contribution in [0.4, 0.5) is 0 Å². The Kier molecular flexibility index (Phi) is 29.3. The summed E-state index contributed by atoms with van der Waals surface area (Å²) in [5.41, 5.74) is 0. The minimum atomic E-state index is -2.40. The Balaban J connectivity index is -0.0000000873. The summed E-state index contributed by atoms with van der Waals surface area (Å²) < 4.78 is 71.4. The molecule has 29 heavy (non-hydrogen) atoms. The Bertz CT molecular complexity index is 431. The van der Waals surface area contributed by atoms with Crippen LogP contribution < -0.4 is 0 Å². The molecule has 0 rings (SSSR count). The van der Waals surface area contributed by atoms with Crippen molar-refractivity contribution in [2.75, 3.05) is 83.5 Å². The topological polar surface area (TPSA) is 159 Å². The van der Waals surface area contributed by atoms with Crippen LogP contribution in [0.1, 0.15) is 0 Å². The van der Waals surface area contributed by atoms with E-state index in [1.807, 2.05) is 0 Å². The van der Waals surface area contributed by atoms with Gasteiger partial charge in [0.05, 0.1) is 83.5 Å². The minimum absolute atomic E-state index is 0. The Morgan fingerprint density at radius 3 is 0.414 bits per heavy atom. The fraction of sp³-hybridized carbons (Fsp3) is 1.00. The van der Waals surface area contributed by atoms with E-state index in [-0.39, 0.29) is 17.1 Å².